The SMILES string of the molecule is CC(C)NCc1cnc(N2CCC3(CCCC3)CC2)nc1. The lowest BCUT2D eigenvalue weighted by Gasteiger charge is -2.39. The Balaban J connectivity index is 1.55. The molecule has 2 heterocycles. The van der Waals surface area contributed by atoms with Crippen molar-refractivity contribution in [2.75, 3.05) is 18.0 Å². The molecule has 1 spiro atoms. The normalized spacial score (nSPS) is 21.4. The van der Waals surface area contributed by atoms with E-state index in [1.54, 1.807) is 0 Å². The minimum absolute atomic E-state index is 0.495. The number of aromatic nitrogens is 2. The number of nitrogens with zero attached hydrogens (tertiary/aromatic N) is 3. The molecular weight excluding hydrogens is 260 g/mol. The molecule has 1 saturated carbocycles. The quantitative estimate of drug-likeness (QED) is 0.924. The minimum Gasteiger partial charge on any atom is -0.341 e. The Kier molecular flexibility index (Phi) is 4.43. The third kappa shape index (κ3) is 3.54. The fraction of sp³-hybridized carbons (Fsp3) is 0.765. The van der Waals surface area contributed by atoms with Gasteiger partial charge in [0.25, 0.3) is 0 Å². The molecule has 0 amide bonds. The van der Waals surface area contributed by atoms with Gasteiger partial charge in [-0.15, -0.1) is 0 Å². The fourth-order valence-corrected chi connectivity index (χ4v) is 3.73. The molecule has 1 aliphatic heterocycles. The van der Waals surface area contributed by atoms with E-state index in [-0.39, 0.29) is 0 Å². The van der Waals surface area contributed by atoms with Gasteiger partial charge in [-0.1, -0.05) is 26.7 Å². The second-order valence-electron chi connectivity index (χ2n) is 7.12. The van der Waals surface area contributed by atoms with E-state index < -0.39 is 0 Å². The van der Waals surface area contributed by atoms with Crippen LogP contribution in [0.4, 0.5) is 5.95 Å². The minimum atomic E-state index is 0.495. The monoisotopic (exact) mass is 288 g/mol. The van der Waals surface area contributed by atoms with Crippen molar-refractivity contribution in [3.63, 3.8) is 0 Å². The highest BCUT2D eigenvalue weighted by atomic mass is 15.2. The lowest BCUT2D eigenvalue weighted by atomic mass is 9.77. The van der Waals surface area contributed by atoms with E-state index in [2.05, 4.69) is 34.0 Å². The van der Waals surface area contributed by atoms with E-state index >= 15 is 0 Å². The molecule has 1 saturated heterocycles. The average molecular weight is 288 g/mol. The molecule has 2 fully saturated rings. The van der Waals surface area contributed by atoms with Gasteiger partial charge in [-0.25, -0.2) is 9.97 Å². The Morgan fingerprint density at radius 1 is 1.10 bits per heavy atom. The largest absolute Gasteiger partial charge is 0.341 e. The molecule has 0 bridgehead atoms. The summed E-state index contributed by atoms with van der Waals surface area (Å²) < 4.78 is 0. The molecule has 4 heteroatoms. The maximum Gasteiger partial charge on any atom is 0.225 e. The fourth-order valence-electron chi connectivity index (χ4n) is 3.73. The number of hydrogen-bond donors (Lipinski definition) is 1. The van der Waals surface area contributed by atoms with Crippen LogP contribution in [-0.2, 0) is 6.54 Å². The summed E-state index contributed by atoms with van der Waals surface area (Å²) in [6, 6.07) is 0.495. The van der Waals surface area contributed by atoms with Crippen molar-refractivity contribution in [3.05, 3.63) is 18.0 Å². The first-order chi connectivity index (χ1) is 10.2. The van der Waals surface area contributed by atoms with Crippen LogP contribution in [0.5, 0.6) is 0 Å². The summed E-state index contributed by atoms with van der Waals surface area (Å²) >= 11 is 0. The summed E-state index contributed by atoms with van der Waals surface area (Å²) in [4.78, 5) is 11.5. The van der Waals surface area contributed by atoms with Crippen LogP contribution >= 0.6 is 0 Å². The molecule has 2 aliphatic rings. The highest BCUT2D eigenvalue weighted by Crippen LogP contribution is 2.46. The summed E-state index contributed by atoms with van der Waals surface area (Å²) in [7, 11) is 0. The zero-order chi connectivity index (χ0) is 14.7. The van der Waals surface area contributed by atoms with Crippen LogP contribution in [0, 0.1) is 5.41 Å². The zero-order valence-electron chi connectivity index (χ0n) is 13.4. The van der Waals surface area contributed by atoms with Crippen molar-refractivity contribution in [1.82, 2.24) is 15.3 Å². The van der Waals surface area contributed by atoms with Crippen LogP contribution in [-0.4, -0.2) is 29.1 Å². The average Bonchev–Trinajstić information content (AvgIpc) is 2.95. The third-order valence-corrected chi connectivity index (χ3v) is 5.18. The molecule has 0 unspecified atom stereocenters. The molecule has 21 heavy (non-hydrogen) atoms. The smallest absolute Gasteiger partial charge is 0.225 e. The molecule has 116 valence electrons. The van der Waals surface area contributed by atoms with Crippen LogP contribution in [0.2, 0.25) is 0 Å². The van der Waals surface area contributed by atoms with Gasteiger partial charge in [-0.05, 0) is 31.1 Å². The number of piperidine rings is 1. The van der Waals surface area contributed by atoms with E-state index in [1.807, 2.05) is 12.4 Å². The van der Waals surface area contributed by atoms with Crippen molar-refractivity contribution >= 4 is 5.95 Å². The van der Waals surface area contributed by atoms with E-state index in [0.717, 1.165) is 31.1 Å². The number of nitrogens with one attached hydrogen (secondary N) is 1. The summed E-state index contributed by atoms with van der Waals surface area (Å²) in [5, 5.41) is 3.40. The number of hydrogen-bond acceptors (Lipinski definition) is 4. The molecule has 4 nitrogen and oxygen atoms in total. The second-order valence-corrected chi connectivity index (χ2v) is 7.12. The summed E-state index contributed by atoms with van der Waals surface area (Å²) in [6.45, 7) is 7.41. The van der Waals surface area contributed by atoms with Crippen molar-refractivity contribution in [2.24, 2.45) is 5.41 Å². The molecule has 1 N–H and O–H groups in total. The predicted molar refractivity (Wildman–Crippen MR) is 86.4 cm³/mol. The van der Waals surface area contributed by atoms with Gasteiger partial charge < -0.3 is 10.2 Å². The molecule has 1 aromatic rings. The van der Waals surface area contributed by atoms with Gasteiger partial charge in [0.15, 0.2) is 0 Å². The van der Waals surface area contributed by atoms with Crippen molar-refractivity contribution in [1.29, 1.82) is 0 Å². The topological polar surface area (TPSA) is 41.1 Å². The predicted octanol–water partition coefficient (Wildman–Crippen LogP) is 3.14. The standard InChI is InChI=1S/C17H28N4/c1-14(2)18-11-15-12-19-16(20-13-15)21-9-7-17(8-10-21)5-3-4-6-17/h12-14,18H,3-11H2,1-2H3. The molecule has 3 rings (SSSR count). The van der Waals surface area contributed by atoms with Crippen LogP contribution < -0.4 is 10.2 Å². The van der Waals surface area contributed by atoms with Gasteiger partial charge in [0.05, 0.1) is 0 Å². The summed E-state index contributed by atoms with van der Waals surface area (Å²) in [6.07, 6.45) is 12.4. The van der Waals surface area contributed by atoms with Crippen LogP contribution in [0.3, 0.4) is 0 Å². The van der Waals surface area contributed by atoms with Crippen LogP contribution in [0.15, 0.2) is 12.4 Å². The Morgan fingerprint density at radius 3 is 2.29 bits per heavy atom. The molecule has 1 aliphatic carbocycles. The van der Waals surface area contributed by atoms with E-state index in [4.69, 9.17) is 0 Å². The molecule has 0 aromatic carbocycles. The third-order valence-electron chi connectivity index (χ3n) is 5.18. The van der Waals surface area contributed by atoms with Gasteiger partial charge in [0.2, 0.25) is 5.95 Å². The van der Waals surface area contributed by atoms with Gasteiger partial charge >= 0.3 is 0 Å². The highest BCUT2D eigenvalue weighted by Gasteiger charge is 2.37. The maximum atomic E-state index is 4.57. The molecule has 1 aromatic heterocycles. The van der Waals surface area contributed by atoms with Crippen molar-refractivity contribution < 1.29 is 0 Å². The second kappa shape index (κ2) is 6.30. The lowest BCUT2D eigenvalue weighted by Crippen LogP contribution is -2.39. The molecule has 0 atom stereocenters. The maximum absolute atomic E-state index is 4.57. The summed E-state index contributed by atoms with van der Waals surface area (Å²) in [5.41, 5.74) is 1.83. The van der Waals surface area contributed by atoms with E-state index in [0.29, 0.717) is 11.5 Å². The van der Waals surface area contributed by atoms with Crippen molar-refractivity contribution in [2.45, 2.75) is 65.0 Å². The van der Waals surface area contributed by atoms with Gasteiger partial charge in [-0.3, -0.25) is 0 Å². The van der Waals surface area contributed by atoms with E-state index in [9.17, 15) is 0 Å². The Bertz CT molecular complexity index is 438. The number of rotatable bonds is 4. The zero-order valence-corrected chi connectivity index (χ0v) is 13.4. The lowest BCUT2D eigenvalue weighted by molar-refractivity contribution is 0.225. The molecular formula is C17H28N4. The highest BCUT2D eigenvalue weighted by molar-refractivity contribution is 5.31. The Labute approximate surface area is 128 Å². The first kappa shape index (κ1) is 14.8. The van der Waals surface area contributed by atoms with E-state index in [1.165, 1.54) is 38.5 Å². The Morgan fingerprint density at radius 2 is 1.71 bits per heavy atom. The van der Waals surface area contributed by atoms with Gasteiger partial charge in [0.1, 0.15) is 0 Å². The summed E-state index contributed by atoms with van der Waals surface area (Å²) in [5.74, 6) is 0.913. The van der Waals surface area contributed by atoms with Crippen LogP contribution in [0.1, 0.15) is 57.9 Å². The Hall–Kier alpha value is -1.16. The van der Waals surface area contributed by atoms with Gasteiger partial charge in [-0.2, -0.15) is 0 Å². The first-order valence-corrected chi connectivity index (χ1v) is 8.46. The first-order valence-electron chi connectivity index (χ1n) is 8.46. The van der Waals surface area contributed by atoms with Crippen molar-refractivity contribution in [3.8, 4) is 0 Å². The molecule has 0 radical (unpaired) electrons. The van der Waals surface area contributed by atoms with Crippen LogP contribution in [0.25, 0.3) is 0 Å². The number of anilines is 1. The van der Waals surface area contributed by atoms with Gasteiger partial charge in [0, 0.05) is 43.6 Å².